The predicted octanol–water partition coefficient (Wildman–Crippen LogP) is 2.19. The van der Waals surface area contributed by atoms with Crippen molar-refractivity contribution in [3.8, 4) is 5.75 Å². The van der Waals surface area contributed by atoms with Crippen LogP contribution in [0.4, 0.5) is 4.79 Å². The molecule has 0 aliphatic heterocycles. The Kier molecular flexibility index (Phi) is 8.74. The average Bonchev–Trinajstić information content (AvgIpc) is 2.57. The zero-order valence-corrected chi connectivity index (χ0v) is 16.2. The first kappa shape index (κ1) is 22.4. The van der Waals surface area contributed by atoms with Crippen LogP contribution in [-0.4, -0.2) is 37.3 Å². The van der Waals surface area contributed by atoms with Crippen molar-refractivity contribution in [3.05, 3.63) is 29.3 Å². The van der Waals surface area contributed by atoms with E-state index in [1.165, 1.54) is 0 Å². The fourth-order valence-electron chi connectivity index (χ4n) is 2.39. The van der Waals surface area contributed by atoms with E-state index in [-0.39, 0.29) is 31.5 Å². The van der Waals surface area contributed by atoms with Crippen LogP contribution in [0.1, 0.15) is 57.1 Å². The van der Waals surface area contributed by atoms with Gasteiger partial charge in [0, 0.05) is 0 Å². The van der Waals surface area contributed by atoms with Crippen molar-refractivity contribution < 1.29 is 28.6 Å². The first-order valence-electron chi connectivity index (χ1n) is 8.81. The van der Waals surface area contributed by atoms with Crippen molar-refractivity contribution in [2.24, 2.45) is 11.5 Å². The second-order valence-corrected chi connectivity index (χ2v) is 6.72. The quantitative estimate of drug-likeness (QED) is 0.381. The number of carbonyl (C=O) groups excluding carboxylic acids is 3. The Morgan fingerprint density at radius 2 is 1.48 bits per heavy atom. The summed E-state index contributed by atoms with van der Waals surface area (Å²) in [7, 11) is 0. The van der Waals surface area contributed by atoms with Crippen LogP contribution < -0.4 is 16.2 Å². The van der Waals surface area contributed by atoms with Gasteiger partial charge in [-0.1, -0.05) is 45.9 Å². The van der Waals surface area contributed by atoms with E-state index in [0.717, 1.165) is 11.1 Å². The standard InChI is InChI=1S/C19H28N2O6/c1-11(2)13-6-5-7-14(12(3)4)17(13)27-19(24)26-9-8-25-18(23)15(20)10-16(21)22/h5-7,11-12,15H,8-10,20H2,1-4H3,(H2,21,22)/t15-/m0/s1. The molecule has 0 spiro atoms. The van der Waals surface area contributed by atoms with Crippen LogP contribution in [0.25, 0.3) is 0 Å². The molecule has 1 rings (SSSR count). The van der Waals surface area contributed by atoms with Crippen LogP contribution in [0.15, 0.2) is 18.2 Å². The lowest BCUT2D eigenvalue weighted by molar-refractivity contribution is -0.147. The van der Waals surface area contributed by atoms with Crippen molar-refractivity contribution in [2.75, 3.05) is 13.2 Å². The highest BCUT2D eigenvalue weighted by Gasteiger charge is 2.20. The van der Waals surface area contributed by atoms with E-state index in [1.54, 1.807) is 0 Å². The molecule has 0 radical (unpaired) electrons. The summed E-state index contributed by atoms with van der Waals surface area (Å²) < 4.78 is 15.2. The molecule has 1 aromatic rings. The first-order chi connectivity index (χ1) is 12.6. The second kappa shape index (κ2) is 10.5. The Bertz CT molecular complexity index is 646. The number of hydrogen-bond acceptors (Lipinski definition) is 7. The number of para-hydroxylation sites is 1. The molecule has 1 amide bonds. The molecule has 0 fully saturated rings. The molecule has 0 aromatic heterocycles. The zero-order valence-electron chi connectivity index (χ0n) is 16.2. The number of amides is 1. The van der Waals surface area contributed by atoms with E-state index in [9.17, 15) is 14.4 Å². The topological polar surface area (TPSA) is 131 Å². The van der Waals surface area contributed by atoms with Crippen LogP contribution >= 0.6 is 0 Å². The predicted molar refractivity (Wildman–Crippen MR) is 99.3 cm³/mol. The summed E-state index contributed by atoms with van der Waals surface area (Å²) in [6.45, 7) is 7.62. The lowest BCUT2D eigenvalue weighted by Crippen LogP contribution is -2.37. The summed E-state index contributed by atoms with van der Waals surface area (Å²) >= 11 is 0. The molecular formula is C19H28N2O6. The van der Waals surface area contributed by atoms with E-state index < -0.39 is 24.1 Å². The summed E-state index contributed by atoms with van der Waals surface area (Å²) in [5.74, 6) is -0.673. The van der Waals surface area contributed by atoms with Crippen LogP contribution in [0.5, 0.6) is 5.75 Å². The van der Waals surface area contributed by atoms with E-state index in [4.69, 9.17) is 25.7 Å². The number of nitrogens with two attached hydrogens (primary N) is 2. The van der Waals surface area contributed by atoms with E-state index >= 15 is 0 Å². The van der Waals surface area contributed by atoms with Gasteiger partial charge in [0.25, 0.3) is 0 Å². The Morgan fingerprint density at radius 1 is 0.963 bits per heavy atom. The van der Waals surface area contributed by atoms with Gasteiger partial charge < -0.3 is 25.7 Å². The van der Waals surface area contributed by atoms with Gasteiger partial charge in [0.15, 0.2) is 0 Å². The van der Waals surface area contributed by atoms with Crippen molar-refractivity contribution in [3.63, 3.8) is 0 Å². The average molecular weight is 380 g/mol. The van der Waals surface area contributed by atoms with Crippen molar-refractivity contribution in [1.29, 1.82) is 0 Å². The van der Waals surface area contributed by atoms with Crippen LogP contribution in [0.3, 0.4) is 0 Å². The highest BCUT2D eigenvalue weighted by Crippen LogP contribution is 2.34. The molecule has 4 N–H and O–H groups in total. The maximum atomic E-state index is 12.0. The zero-order chi connectivity index (χ0) is 20.6. The molecule has 0 saturated carbocycles. The highest BCUT2D eigenvalue weighted by molar-refractivity contribution is 5.84. The number of benzene rings is 1. The van der Waals surface area contributed by atoms with Gasteiger partial charge in [0.1, 0.15) is 25.0 Å². The van der Waals surface area contributed by atoms with Gasteiger partial charge in [-0.3, -0.25) is 9.59 Å². The monoisotopic (exact) mass is 380 g/mol. The van der Waals surface area contributed by atoms with Crippen LogP contribution in [-0.2, 0) is 19.1 Å². The first-order valence-corrected chi connectivity index (χ1v) is 8.81. The Morgan fingerprint density at radius 3 is 1.96 bits per heavy atom. The SMILES string of the molecule is CC(C)c1cccc(C(C)C)c1OC(=O)OCCOC(=O)[C@@H](N)CC(N)=O. The maximum absolute atomic E-state index is 12.0. The van der Waals surface area contributed by atoms with E-state index in [0.29, 0.717) is 5.75 Å². The molecule has 1 atom stereocenters. The van der Waals surface area contributed by atoms with Crippen molar-refractivity contribution in [2.45, 2.75) is 52.0 Å². The number of esters is 1. The van der Waals surface area contributed by atoms with Crippen molar-refractivity contribution in [1.82, 2.24) is 0 Å². The van der Waals surface area contributed by atoms with Gasteiger partial charge in [-0.25, -0.2) is 4.79 Å². The van der Waals surface area contributed by atoms with Gasteiger partial charge >= 0.3 is 12.1 Å². The van der Waals surface area contributed by atoms with Gasteiger partial charge in [0.05, 0.1) is 6.42 Å². The summed E-state index contributed by atoms with van der Waals surface area (Å²) in [5.41, 5.74) is 12.2. The van der Waals surface area contributed by atoms with Gasteiger partial charge in [0.2, 0.25) is 5.91 Å². The molecule has 0 bridgehead atoms. The van der Waals surface area contributed by atoms with E-state index in [1.807, 2.05) is 45.9 Å². The number of hydrogen-bond donors (Lipinski definition) is 2. The third-order valence-electron chi connectivity index (χ3n) is 3.78. The molecule has 0 heterocycles. The third-order valence-corrected chi connectivity index (χ3v) is 3.78. The largest absolute Gasteiger partial charge is 0.513 e. The van der Waals surface area contributed by atoms with Gasteiger partial charge in [-0.15, -0.1) is 0 Å². The summed E-state index contributed by atoms with van der Waals surface area (Å²) in [6.07, 6.45) is -1.20. The molecule has 0 unspecified atom stereocenters. The third kappa shape index (κ3) is 7.26. The Hall–Kier alpha value is -2.61. The highest BCUT2D eigenvalue weighted by atomic mass is 16.7. The molecule has 0 saturated heterocycles. The molecule has 8 nitrogen and oxygen atoms in total. The molecule has 1 aromatic carbocycles. The van der Waals surface area contributed by atoms with Crippen LogP contribution in [0.2, 0.25) is 0 Å². The van der Waals surface area contributed by atoms with Crippen molar-refractivity contribution >= 4 is 18.0 Å². The molecule has 8 heteroatoms. The van der Waals surface area contributed by atoms with Gasteiger partial charge in [-0.2, -0.15) is 0 Å². The maximum Gasteiger partial charge on any atom is 0.513 e. The Labute approximate surface area is 159 Å². The van der Waals surface area contributed by atoms with Crippen LogP contribution in [0, 0.1) is 0 Å². The normalized spacial score (nSPS) is 12.0. The van der Waals surface area contributed by atoms with E-state index in [2.05, 4.69) is 0 Å². The molecular weight excluding hydrogens is 352 g/mol. The fraction of sp³-hybridized carbons (Fsp3) is 0.526. The number of rotatable bonds is 9. The number of ether oxygens (including phenoxy) is 3. The number of carbonyl (C=O) groups is 3. The minimum atomic E-state index is -1.14. The fourth-order valence-corrected chi connectivity index (χ4v) is 2.39. The van der Waals surface area contributed by atoms with Gasteiger partial charge in [-0.05, 0) is 23.0 Å². The lowest BCUT2D eigenvalue weighted by Gasteiger charge is -2.18. The minimum absolute atomic E-state index is 0.166. The molecule has 27 heavy (non-hydrogen) atoms. The minimum Gasteiger partial charge on any atom is -0.461 e. The summed E-state index contributed by atoms with van der Waals surface area (Å²) in [4.78, 5) is 34.2. The summed E-state index contributed by atoms with van der Waals surface area (Å²) in [5, 5.41) is 0. The smallest absolute Gasteiger partial charge is 0.461 e. The molecule has 150 valence electrons. The summed E-state index contributed by atoms with van der Waals surface area (Å²) in [6, 6.07) is 4.60. The second-order valence-electron chi connectivity index (χ2n) is 6.72. The molecule has 0 aliphatic rings. The number of primary amides is 1. The lowest BCUT2D eigenvalue weighted by atomic mass is 9.94. The Balaban J connectivity index is 2.58. The molecule has 0 aliphatic carbocycles.